The largest absolute Gasteiger partial charge is 0.357 e. The van der Waals surface area contributed by atoms with Crippen LogP contribution in [0.25, 0.3) is 11.3 Å². The van der Waals surface area contributed by atoms with E-state index >= 15 is 0 Å². The number of hydrogen-bond acceptors (Lipinski definition) is 4. The minimum Gasteiger partial charge on any atom is -0.357 e. The Morgan fingerprint density at radius 3 is 2.74 bits per heavy atom. The molecule has 2 aromatic heterocycles. The summed E-state index contributed by atoms with van der Waals surface area (Å²) in [5.41, 5.74) is 1.85. The summed E-state index contributed by atoms with van der Waals surface area (Å²) in [6, 6.07) is 16.2. The number of hydrogen-bond donors (Lipinski definition) is 1. The van der Waals surface area contributed by atoms with Crippen LogP contribution in [0.4, 0.5) is 0 Å². The van der Waals surface area contributed by atoms with Crippen LogP contribution < -0.4 is 5.32 Å². The van der Waals surface area contributed by atoms with Crippen LogP contribution in [0.1, 0.15) is 17.5 Å². The van der Waals surface area contributed by atoms with E-state index < -0.39 is 0 Å². The first-order valence-electron chi connectivity index (χ1n) is 8.79. The third kappa shape index (κ3) is 6.35. The van der Waals surface area contributed by atoms with Crippen molar-refractivity contribution in [1.82, 2.24) is 15.4 Å². The van der Waals surface area contributed by atoms with Gasteiger partial charge < -0.3 is 14.7 Å². The molecule has 3 rings (SSSR count). The summed E-state index contributed by atoms with van der Waals surface area (Å²) in [7, 11) is 2.06. The third-order valence-corrected chi connectivity index (χ3v) is 4.91. The second-order valence-corrected chi connectivity index (χ2v) is 7.00. The van der Waals surface area contributed by atoms with Gasteiger partial charge in [0.25, 0.3) is 0 Å². The highest BCUT2D eigenvalue weighted by Crippen LogP contribution is 2.20. The van der Waals surface area contributed by atoms with Crippen molar-refractivity contribution < 1.29 is 4.52 Å². The molecule has 0 aliphatic rings. The van der Waals surface area contributed by atoms with Crippen molar-refractivity contribution in [2.45, 2.75) is 19.9 Å². The number of aromatic nitrogens is 1. The van der Waals surface area contributed by atoms with Crippen molar-refractivity contribution in [1.29, 1.82) is 0 Å². The van der Waals surface area contributed by atoms with Gasteiger partial charge >= 0.3 is 0 Å². The number of guanidine groups is 1. The van der Waals surface area contributed by atoms with Gasteiger partial charge in [-0.2, -0.15) is 0 Å². The lowest BCUT2D eigenvalue weighted by molar-refractivity contribution is 0.423. The molecule has 144 valence electrons. The zero-order valence-electron chi connectivity index (χ0n) is 15.6. The zero-order valence-corrected chi connectivity index (χ0v) is 18.7. The van der Waals surface area contributed by atoms with Crippen molar-refractivity contribution in [3.63, 3.8) is 0 Å². The summed E-state index contributed by atoms with van der Waals surface area (Å²) in [5, 5.41) is 9.60. The first kappa shape index (κ1) is 21.4. The lowest BCUT2D eigenvalue weighted by Crippen LogP contribution is -2.39. The number of benzene rings is 1. The second kappa shape index (κ2) is 11.1. The second-order valence-electron chi connectivity index (χ2n) is 5.97. The maximum atomic E-state index is 5.45. The fourth-order valence-electron chi connectivity index (χ4n) is 2.59. The monoisotopic (exact) mass is 496 g/mol. The minimum atomic E-state index is 0. The van der Waals surface area contributed by atoms with Gasteiger partial charge in [-0.05, 0) is 24.8 Å². The molecule has 0 fully saturated rings. The number of nitrogens with zero attached hydrogens (tertiary/aromatic N) is 3. The Hall–Kier alpha value is -1.87. The maximum absolute atomic E-state index is 5.45. The average molecular weight is 496 g/mol. The number of halogens is 1. The summed E-state index contributed by atoms with van der Waals surface area (Å²) in [5.74, 6) is 1.65. The number of nitrogens with one attached hydrogen (secondary N) is 1. The Labute approximate surface area is 181 Å². The van der Waals surface area contributed by atoms with Crippen LogP contribution in [0.15, 0.2) is 63.4 Å². The zero-order chi connectivity index (χ0) is 18.2. The lowest BCUT2D eigenvalue weighted by Gasteiger charge is -2.21. The fraction of sp³-hybridized carbons (Fsp3) is 0.300. The van der Waals surface area contributed by atoms with Gasteiger partial charge in [0.2, 0.25) is 0 Å². The van der Waals surface area contributed by atoms with Gasteiger partial charge in [-0.1, -0.05) is 41.6 Å². The van der Waals surface area contributed by atoms with E-state index in [0.29, 0.717) is 6.54 Å². The molecular formula is C20H25IN4OS. The van der Waals surface area contributed by atoms with Gasteiger partial charge in [-0.15, -0.1) is 35.3 Å². The molecule has 2 heterocycles. The van der Waals surface area contributed by atoms with E-state index in [1.54, 1.807) is 11.3 Å². The first-order valence-corrected chi connectivity index (χ1v) is 9.67. The standard InChI is InChI=1S/C20H24N4OS.HI/c1-3-21-20(24(2)12-11-18-10-7-13-26-18)22-15-17-14-19(25-23-17)16-8-5-4-6-9-16;/h4-10,13-14H,3,11-12,15H2,1-2H3,(H,21,22);1H. The van der Waals surface area contributed by atoms with E-state index in [-0.39, 0.29) is 24.0 Å². The van der Waals surface area contributed by atoms with Gasteiger partial charge in [0.15, 0.2) is 11.7 Å². The molecule has 0 spiro atoms. The lowest BCUT2D eigenvalue weighted by atomic mass is 10.2. The predicted octanol–water partition coefficient (Wildman–Crippen LogP) is 4.66. The average Bonchev–Trinajstić information content (AvgIpc) is 3.36. The van der Waals surface area contributed by atoms with Crippen LogP contribution in [-0.4, -0.2) is 36.2 Å². The summed E-state index contributed by atoms with van der Waals surface area (Å²) in [6.45, 7) is 4.31. The summed E-state index contributed by atoms with van der Waals surface area (Å²) < 4.78 is 5.45. The molecule has 3 aromatic rings. The maximum Gasteiger partial charge on any atom is 0.194 e. The molecular weight excluding hydrogens is 471 g/mol. The highest BCUT2D eigenvalue weighted by atomic mass is 127. The van der Waals surface area contributed by atoms with Gasteiger partial charge in [-0.25, -0.2) is 4.99 Å². The summed E-state index contributed by atoms with van der Waals surface area (Å²) >= 11 is 1.79. The molecule has 1 N–H and O–H groups in total. The number of aliphatic imine (C=N–C) groups is 1. The van der Waals surface area contributed by atoms with Crippen LogP contribution >= 0.6 is 35.3 Å². The highest BCUT2D eigenvalue weighted by Gasteiger charge is 2.09. The van der Waals surface area contributed by atoms with Gasteiger partial charge in [0.1, 0.15) is 5.69 Å². The minimum absolute atomic E-state index is 0. The smallest absolute Gasteiger partial charge is 0.194 e. The van der Waals surface area contributed by atoms with Crippen molar-refractivity contribution in [2.24, 2.45) is 4.99 Å². The molecule has 0 saturated heterocycles. The van der Waals surface area contributed by atoms with Crippen LogP contribution in [0.5, 0.6) is 0 Å². The van der Waals surface area contributed by atoms with Crippen LogP contribution in [-0.2, 0) is 13.0 Å². The van der Waals surface area contributed by atoms with Gasteiger partial charge in [-0.3, -0.25) is 0 Å². The van der Waals surface area contributed by atoms with Crippen molar-refractivity contribution in [3.05, 3.63) is 64.5 Å². The van der Waals surface area contributed by atoms with Crippen molar-refractivity contribution >= 4 is 41.3 Å². The molecule has 0 radical (unpaired) electrons. The Bertz CT molecular complexity index is 818. The Morgan fingerprint density at radius 2 is 2.04 bits per heavy atom. The number of rotatable bonds is 7. The third-order valence-electron chi connectivity index (χ3n) is 3.98. The van der Waals surface area contributed by atoms with E-state index in [1.807, 2.05) is 36.4 Å². The van der Waals surface area contributed by atoms with Gasteiger partial charge in [0, 0.05) is 36.6 Å². The van der Waals surface area contributed by atoms with E-state index in [9.17, 15) is 0 Å². The molecule has 0 unspecified atom stereocenters. The molecule has 27 heavy (non-hydrogen) atoms. The summed E-state index contributed by atoms with van der Waals surface area (Å²) in [6.07, 6.45) is 1.01. The van der Waals surface area contributed by atoms with E-state index in [1.165, 1.54) is 4.88 Å². The van der Waals surface area contributed by atoms with Gasteiger partial charge in [0.05, 0.1) is 6.54 Å². The van der Waals surface area contributed by atoms with Crippen molar-refractivity contribution in [2.75, 3.05) is 20.1 Å². The number of likely N-dealkylation sites (N-methyl/N-ethyl adjacent to an activating group) is 1. The highest BCUT2D eigenvalue weighted by molar-refractivity contribution is 14.0. The molecule has 0 aliphatic carbocycles. The molecule has 5 nitrogen and oxygen atoms in total. The molecule has 7 heteroatoms. The molecule has 0 bridgehead atoms. The quantitative estimate of drug-likeness (QED) is 0.294. The SMILES string of the molecule is CCNC(=NCc1cc(-c2ccccc2)on1)N(C)CCc1cccs1.I. The molecule has 0 saturated carbocycles. The Kier molecular flexibility index (Phi) is 8.80. The fourth-order valence-corrected chi connectivity index (χ4v) is 3.29. The van der Waals surface area contributed by atoms with Crippen LogP contribution in [0.2, 0.25) is 0 Å². The Morgan fingerprint density at radius 1 is 1.22 bits per heavy atom. The molecule has 0 aliphatic heterocycles. The normalized spacial score (nSPS) is 11.1. The van der Waals surface area contributed by atoms with Crippen LogP contribution in [0, 0.1) is 0 Å². The molecule has 1 aromatic carbocycles. The molecule has 0 atom stereocenters. The topological polar surface area (TPSA) is 53.7 Å². The predicted molar refractivity (Wildman–Crippen MR) is 123 cm³/mol. The number of thiophene rings is 1. The van der Waals surface area contributed by atoms with Crippen LogP contribution in [0.3, 0.4) is 0 Å². The first-order chi connectivity index (χ1) is 12.8. The van der Waals surface area contributed by atoms with Crippen molar-refractivity contribution in [3.8, 4) is 11.3 Å². The van der Waals surface area contributed by atoms with E-state index in [4.69, 9.17) is 9.52 Å². The molecule has 0 amide bonds. The van der Waals surface area contributed by atoms with E-state index in [2.05, 4.69) is 46.9 Å². The Balaban J connectivity index is 0.00000261. The summed E-state index contributed by atoms with van der Waals surface area (Å²) in [4.78, 5) is 8.24. The van der Waals surface area contributed by atoms with E-state index in [0.717, 1.165) is 42.5 Å².